The lowest BCUT2D eigenvalue weighted by atomic mass is 10.0. The number of aromatic amines is 1. The number of hydrogen-bond donors (Lipinski definition) is 4. The molecule has 0 spiro atoms. The van der Waals surface area contributed by atoms with Crippen molar-refractivity contribution in [3.8, 4) is 5.88 Å². The van der Waals surface area contributed by atoms with Gasteiger partial charge in [0.25, 0.3) is 0 Å². The molecule has 3 aromatic carbocycles. The fourth-order valence-electron chi connectivity index (χ4n) is 3.44. The van der Waals surface area contributed by atoms with Crippen molar-refractivity contribution in [3.63, 3.8) is 0 Å². The Morgan fingerprint density at radius 3 is 2.47 bits per heavy atom. The van der Waals surface area contributed by atoms with Gasteiger partial charge in [-0.1, -0.05) is 56.3 Å². The van der Waals surface area contributed by atoms with E-state index in [9.17, 15) is 5.11 Å². The van der Waals surface area contributed by atoms with Crippen LogP contribution in [0.25, 0.3) is 10.9 Å². The van der Waals surface area contributed by atoms with E-state index in [2.05, 4.69) is 36.3 Å². The molecule has 0 aliphatic rings. The van der Waals surface area contributed by atoms with Crippen LogP contribution in [0.3, 0.4) is 0 Å². The number of hydrogen-bond acceptors (Lipinski definition) is 4. The van der Waals surface area contributed by atoms with E-state index in [-0.39, 0.29) is 5.88 Å². The number of nitrogens with two attached hydrogens (primary N) is 1. The van der Waals surface area contributed by atoms with Crippen LogP contribution in [-0.4, -0.2) is 21.8 Å². The maximum atomic E-state index is 10.7. The molecule has 30 heavy (non-hydrogen) atoms. The molecule has 1 heterocycles. The third-order valence-electron chi connectivity index (χ3n) is 4.98. The number of aliphatic imine (C=N–C) groups is 1. The van der Waals surface area contributed by atoms with Crippen molar-refractivity contribution < 1.29 is 5.11 Å². The van der Waals surface area contributed by atoms with Gasteiger partial charge in [0.2, 0.25) is 0 Å². The number of rotatable bonds is 6. The summed E-state index contributed by atoms with van der Waals surface area (Å²) in [5, 5.41) is 15.0. The van der Waals surface area contributed by atoms with E-state index in [0.717, 1.165) is 28.7 Å². The fourth-order valence-corrected chi connectivity index (χ4v) is 3.44. The summed E-state index contributed by atoms with van der Waals surface area (Å²) in [6.45, 7) is 5.08. The third-order valence-corrected chi connectivity index (χ3v) is 4.98. The van der Waals surface area contributed by atoms with E-state index >= 15 is 0 Å². The molecule has 0 saturated heterocycles. The molecular weight excluding hydrogens is 372 g/mol. The van der Waals surface area contributed by atoms with Crippen LogP contribution in [0.2, 0.25) is 0 Å². The van der Waals surface area contributed by atoms with Crippen LogP contribution in [0.5, 0.6) is 5.88 Å². The second-order valence-corrected chi connectivity index (χ2v) is 7.68. The Labute approximate surface area is 176 Å². The van der Waals surface area contributed by atoms with E-state index in [4.69, 9.17) is 10.7 Å². The summed E-state index contributed by atoms with van der Waals surface area (Å²) >= 11 is 0. The molecule has 4 rings (SSSR count). The molecule has 0 fully saturated rings. The third kappa shape index (κ3) is 4.21. The number of anilines is 1. The molecule has 1 aromatic heterocycles. The van der Waals surface area contributed by atoms with Gasteiger partial charge in [0.1, 0.15) is 0 Å². The van der Waals surface area contributed by atoms with E-state index in [1.165, 1.54) is 5.56 Å². The van der Waals surface area contributed by atoms with Crippen molar-refractivity contribution in [2.24, 2.45) is 4.99 Å². The monoisotopic (exact) mass is 398 g/mol. The highest BCUT2D eigenvalue weighted by Crippen LogP contribution is 2.32. The minimum absolute atomic E-state index is 0.0796. The van der Waals surface area contributed by atoms with Crippen molar-refractivity contribution in [1.29, 1.82) is 0 Å². The lowest BCUT2D eigenvalue weighted by molar-refractivity contribution is 0.457. The van der Waals surface area contributed by atoms with Crippen LogP contribution in [0.4, 0.5) is 11.4 Å². The summed E-state index contributed by atoms with van der Waals surface area (Å²) in [6, 6.07) is 24.0. The molecule has 0 atom stereocenters. The van der Waals surface area contributed by atoms with Gasteiger partial charge in [0.05, 0.1) is 17.0 Å². The van der Waals surface area contributed by atoms with Crippen LogP contribution in [0, 0.1) is 0 Å². The molecule has 0 unspecified atom stereocenters. The zero-order valence-corrected chi connectivity index (χ0v) is 17.2. The van der Waals surface area contributed by atoms with E-state index < -0.39 is 0 Å². The molecule has 5 heteroatoms. The standard InChI is InChI=1S/C25H26N4O/c1-16(2)27-15-17-8-11-20(12-9-17)28-24(18-6-4-3-5-7-18)23-21-14-19(26)10-13-22(21)29-25(23)30/h3-14,16,27,29-30H,15,26H2,1-2H3. The first kappa shape index (κ1) is 19.7. The highest BCUT2D eigenvalue weighted by Gasteiger charge is 2.18. The molecule has 0 aliphatic heterocycles. The average molecular weight is 399 g/mol. The molecule has 0 amide bonds. The van der Waals surface area contributed by atoms with Crippen LogP contribution >= 0.6 is 0 Å². The van der Waals surface area contributed by atoms with Gasteiger partial charge in [-0.15, -0.1) is 0 Å². The molecular formula is C25H26N4O. The Kier molecular flexibility index (Phi) is 5.55. The quantitative estimate of drug-likeness (QED) is 0.268. The highest BCUT2D eigenvalue weighted by molar-refractivity contribution is 6.22. The van der Waals surface area contributed by atoms with Crippen molar-refractivity contribution in [2.45, 2.75) is 26.4 Å². The van der Waals surface area contributed by atoms with E-state index in [0.29, 0.717) is 23.0 Å². The number of nitrogen functional groups attached to an aromatic ring is 1. The van der Waals surface area contributed by atoms with Crippen molar-refractivity contribution in [3.05, 3.63) is 89.5 Å². The van der Waals surface area contributed by atoms with Crippen molar-refractivity contribution in [1.82, 2.24) is 10.3 Å². The summed E-state index contributed by atoms with van der Waals surface area (Å²) in [4.78, 5) is 7.96. The first-order valence-electron chi connectivity index (χ1n) is 10.1. The summed E-state index contributed by atoms with van der Waals surface area (Å²) in [5.41, 5.74) is 11.7. The van der Waals surface area contributed by atoms with Gasteiger partial charge in [0, 0.05) is 34.7 Å². The highest BCUT2D eigenvalue weighted by atomic mass is 16.3. The van der Waals surface area contributed by atoms with Crippen LogP contribution in [0.1, 0.15) is 30.5 Å². The van der Waals surface area contributed by atoms with Crippen LogP contribution in [-0.2, 0) is 6.54 Å². The molecule has 0 radical (unpaired) electrons. The molecule has 5 nitrogen and oxygen atoms in total. The predicted molar refractivity (Wildman–Crippen MR) is 125 cm³/mol. The maximum Gasteiger partial charge on any atom is 0.199 e. The maximum absolute atomic E-state index is 10.7. The fraction of sp³-hybridized carbons (Fsp3) is 0.160. The number of aromatic hydroxyl groups is 1. The Balaban J connectivity index is 1.81. The molecule has 152 valence electrons. The summed E-state index contributed by atoms with van der Waals surface area (Å²) in [6.07, 6.45) is 0. The Morgan fingerprint density at radius 1 is 1.03 bits per heavy atom. The smallest absolute Gasteiger partial charge is 0.199 e. The number of nitrogens with zero attached hydrogens (tertiary/aromatic N) is 1. The van der Waals surface area contributed by atoms with E-state index in [1.807, 2.05) is 60.7 Å². The van der Waals surface area contributed by atoms with Gasteiger partial charge in [-0.2, -0.15) is 0 Å². The normalized spacial score (nSPS) is 12.0. The topological polar surface area (TPSA) is 86.4 Å². The van der Waals surface area contributed by atoms with Crippen molar-refractivity contribution in [2.75, 3.05) is 5.73 Å². The van der Waals surface area contributed by atoms with Crippen molar-refractivity contribution >= 4 is 28.0 Å². The molecule has 0 saturated carbocycles. The first-order valence-corrected chi connectivity index (χ1v) is 10.1. The van der Waals surface area contributed by atoms with Crippen LogP contribution < -0.4 is 11.1 Å². The van der Waals surface area contributed by atoms with E-state index in [1.54, 1.807) is 0 Å². The van der Waals surface area contributed by atoms with Gasteiger partial charge in [-0.25, -0.2) is 4.99 Å². The minimum atomic E-state index is 0.0796. The zero-order chi connectivity index (χ0) is 21.1. The SMILES string of the molecule is CC(C)NCc1ccc(N=C(c2ccccc2)c2c(O)[nH]c3ccc(N)cc23)cc1. The second-order valence-electron chi connectivity index (χ2n) is 7.68. The second kappa shape index (κ2) is 8.43. The van der Waals surface area contributed by atoms with Gasteiger partial charge in [0.15, 0.2) is 5.88 Å². The number of benzene rings is 3. The molecule has 0 bridgehead atoms. The predicted octanol–water partition coefficient (Wildman–Crippen LogP) is 5.12. The molecule has 4 aromatic rings. The van der Waals surface area contributed by atoms with Gasteiger partial charge >= 0.3 is 0 Å². The number of fused-ring (bicyclic) bond motifs is 1. The first-order chi connectivity index (χ1) is 14.5. The molecule has 0 aliphatic carbocycles. The van der Waals surface area contributed by atoms with Crippen LogP contribution in [0.15, 0.2) is 77.8 Å². The summed E-state index contributed by atoms with van der Waals surface area (Å²) < 4.78 is 0. The summed E-state index contributed by atoms with van der Waals surface area (Å²) in [5.74, 6) is 0.0796. The molecule has 5 N–H and O–H groups in total. The lowest BCUT2D eigenvalue weighted by Gasteiger charge is -2.10. The van der Waals surface area contributed by atoms with Gasteiger partial charge < -0.3 is 21.1 Å². The zero-order valence-electron chi connectivity index (χ0n) is 17.2. The Morgan fingerprint density at radius 2 is 1.77 bits per heavy atom. The largest absolute Gasteiger partial charge is 0.494 e. The number of nitrogens with one attached hydrogen (secondary N) is 2. The van der Waals surface area contributed by atoms with Gasteiger partial charge in [-0.3, -0.25) is 0 Å². The Bertz CT molecular complexity index is 1180. The number of H-pyrrole nitrogens is 1. The minimum Gasteiger partial charge on any atom is -0.494 e. The lowest BCUT2D eigenvalue weighted by Crippen LogP contribution is -2.21. The van der Waals surface area contributed by atoms with Gasteiger partial charge in [-0.05, 0) is 35.9 Å². The Hall–Kier alpha value is -3.57. The number of aromatic nitrogens is 1. The summed E-state index contributed by atoms with van der Waals surface area (Å²) in [7, 11) is 0. The average Bonchev–Trinajstić information content (AvgIpc) is 3.07.